The highest BCUT2D eigenvalue weighted by molar-refractivity contribution is 5.87. The first-order chi connectivity index (χ1) is 15.2. The Morgan fingerprint density at radius 2 is 1.84 bits per heavy atom. The number of aromatic nitrogens is 4. The number of benzene rings is 1. The molecule has 0 bridgehead atoms. The zero-order valence-electron chi connectivity index (χ0n) is 17.7. The lowest BCUT2D eigenvalue weighted by atomic mass is 9.94. The molecule has 0 amide bonds. The van der Waals surface area contributed by atoms with Gasteiger partial charge in [-0.3, -0.25) is 4.79 Å². The molecule has 0 radical (unpaired) electrons. The van der Waals surface area contributed by atoms with Crippen molar-refractivity contribution in [3.63, 3.8) is 0 Å². The first-order valence-corrected chi connectivity index (χ1v) is 10.4. The van der Waals surface area contributed by atoms with E-state index in [9.17, 15) is 18.0 Å². The van der Waals surface area contributed by atoms with Crippen LogP contribution in [0.25, 0.3) is 5.95 Å². The molecule has 168 valence electrons. The van der Waals surface area contributed by atoms with Gasteiger partial charge < -0.3 is 10.6 Å². The topological polar surface area (TPSA) is 84.7 Å². The monoisotopic (exact) mass is 444 g/mol. The maximum absolute atomic E-state index is 13.1. The fraction of sp³-hybridized carbons (Fsp3) is 0.364. The van der Waals surface area contributed by atoms with Crippen LogP contribution in [0, 0.1) is 13.8 Å². The highest BCUT2D eigenvalue weighted by Gasteiger charge is 2.30. The third kappa shape index (κ3) is 4.90. The molecule has 3 aromatic rings. The van der Waals surface area contributed by atoms with Crippen molar-refractivity contribution in [2.45, 2.75) is 51.7 Å². The number of carbonyl (C=O) groups is 1. The fourth-order valence-electron chi connectivity index (χ4n) is 3.73. The minimum atomic E-state index is -4.45. The van der Waals surface area contributed by atoms with E-state index in [4.69, 9.17) is 0 Å². The van der Waals surface area contributed by atoms with Gasteiger partial charge in [0.25, 0.3) is 5.95 Å². The second-order valence-corrected chi connectivity index (χ2v) is 7.89. The summed E-state index contributed by atoms with van der Waals surface area (Å²) in [5, 5.41) is 10.5. The Labute approximate surface area is 183 Å². The number of ketones is 1. The molecule has 0 saturated heterocycles. The number of rotatable bonds is 5. The van der Waals surface area contributed by atoms with Gasteiger partial charge in [-0.15, -0.1) is 0 Å². The van der Waals surface area contributed by atoms with Crippen molar-refractivity contribution in [2.24, 2.45) is 0 Å². The van der Waals surface area contributed by atoms with Crippen LogP contribution in [0.15, 0.2) is 36.4 Å². The van der Waals surface area contributed by atoms with Crippen LogP contribution in [-0.4, -0.2) is 31.6 Å². The largest absolute Gasteiger partial charge is 0.416 e. The van der Waals surface area contributed by atoms with E-state index in [1.807, 2.05) is 19.9 Å². The molecule has 32 heavy (non-hydrogen) atoms. The van der Waals surface area contributed by atoms with Crippen LogP contribution < -0.4 is 10.6 Å². The number of halogens is 3. The predicted octanol–water partition coefficient (Wildman–Crippen LogP) is 4.97. The number of nitrogens with zero attached hydrogens (tertiary/aromatic N) is 4. The maximum Gasteiger partial charge on any atom is 0.416 e. The predicted molar refractivity (Wildman–Crippen MR) is 114 cm³/mol. The number of hydrogen-bond donors (Lipinski definition) is 2. The Hall–Kier alpha value is -3.43. The number of anilines is 3. The van der Waals surface area contributed by atoms with Gasteiger partial charge >= 0.3 is 6.18 Å². The number of aryl methyl sites for hydroxylation is 2. The first kappa shape index (κ1) is 21.8. The summed E-state index contributed by atoms with van der Waals surface area (Å²) in [6.45, 7) is 3.70. The Morgan fingerprint density at radius 1 is 1.06 bits per heavy atom. The molecule has 1 fully saturated rings. The van der Waals surface area contributed by atoms with Crippen molar-refractivity contribution in [3.05, 3.63) is 53.3 Å². The minimum Gasteiger partial charge on any atom is -0.360 e. The summed E-state index contributed by atoms with van der Waals surface area (Å²) >= 11 is 0. The summed E-state index contributed by atoms with van der Waals surface area (Å²) in [5.41, 5.74) is 1.05. The molecular formula is C22H23F3N6O. The average Bonchev–Trinajstić information content (AvgIpc) is 3.07. The lowest BCUT2D eigenvalue weighted by Crippen LogP contribution is -2.32. The van der Waals surface area contributed by atoms with E-state index >= 15 is 0 Å². The van der Waals surface area contributed by atoms with E-state index in [0.717, 1.165) is 36.4 Å². The Bertz CT molecular complexity index is 1140. The standard InChI is InChI=1S/C22H23F3N6O/c1-13-10-14(2)31(30-13)21-28-19(26-16-7-5-6-15(11-16)22(23,24)25)12-20(29-21)27-17-8-3-4-9-18(17)32/h5-7,10-12,17H,3-4,8-9H2,1-2H3,(H2,26,27,28,29). The van der Waals surface area contributed by atoms with Crippen LogP contribution in [0.3, 0.4) is 0 Å². The molecule has 1 atom stereocenters. The summed E-state index contributed by atoms with van der Waals surface area (Å²) in [5.74, 6) is 1.05. The highest BCUT2D eigenvalue weighted by Crippen LogP contribution is 2.31. The Morgan fingerprint density at radius 3 is 2.53 bits per heavy atom. The molecule has 1 aliphatic carbocycles. The van der Waals surface area contributed by atoms with E-state index < -0.39 is 11.7 Å². The number of carbonyl (C=O) groups excluding carboxylic acids is 1. The number of alkyl halides is 3. The molecular weight excluding hydrogens is 421 g/mol. The molecule has 2 heterocycles. The van der Waals surface area contributed by atoms with Crippen LogP contribution in [0.1, 0.15) is 42.6 Å². The first-order valence-electron chi connectivity index (χ1n) is 10.4. The maximum atomic E-state index is 13.1. The second-order valence-electron chi connectivity index (χ2n) is 7.89. The Balaban J connectivity index is 1.70. The van der Waals surface area contributed by atoms with E-state index in [1.54, 1.807) is 10.7 Å². The normalized spacial score (nSPS) is 16.8. The van der Waals surface area contributed by atoms with Gasteiger partial charge in [-0.25, -0.2) is 4.68 Å². The quantitative estimate of drug-likeness (QED) is 0.578. The third-order valence-electron chi connectivity index (χ3n) is 5.25. The lowest BCUT2D eigenvalue weighted by molar-refractivity contribution is -0.137. The van der Waals surface area contributed by atoms with Gasteiger partial charge in [0.1, 0.15) is 11.6 Å². The van der Waals surface area contributed by atoms with Gasteiger partial charge in [-0.2, -0.15) is 28.2 Å². The fourth-order valence-corrected chi connectivity index (χ4v) is 3.73. The molecule has 1 unspecified atom stereocenters. The molecule has 1 saturated carbocycles. The van der Waals surface area contributed by atoms with Crippen molar-refractivity contribution in [3.8, 4) is 5.95 Å². The SMILES string of the molecule is Cc1cc(C)n(-c2nc(Nc3cccc(C(F)(F)F)c3)cc(NC3CCCCC3=O)n2)n1. The van der Waals surface area contributed by atoms with Gasteiger partial charge in [-0.1, -0.05) is 12.5 Å². The van der Waals surface area contributed by atoms with E-state index in [1.165, 1.54) is 12.1 Å². The molecule has 2 aromatic heterocycles. The van der Waals surface area contributed by atoms with Gasteiger partial charge in [0.05, 0.1) is 17.3 Å². The van der Waals surface area contributed by atoms with Gasteiger partial charge in [0, 0.05) is 23.9 Å². The number of Topliss-reactive ketones (excluding diaryl/α,β-unsaturated/α-hetero) is 1. The Kier molecular flexibility index (Phi) is 5.86. The second kappa shape index (κ2) is 8.60. The van der Waals surface area contributed by atoms with Crippen LogP contribution in [0.2, 0.25) is 0 Å². The molecule has 2 N–H and O–H groups in total. The third-order valence-corrected chi connectivity index (χ3v) is 5.25. The van der Waals surface area contributed by atoms with Gasteiger partial charge in [0.15, 0.2) is 5.78 Å². The van der Waals surface area contributed by atoms with Crippen molar-refractivity contribution in [2.75, 3.05) is 10.6 Å². The highest BCUT2D eigenvalue weighted by atomic mass is 19.4. The molecule has 1 aliphatic rings. The minimum absolute atomic E-state index is 0.120. The summed E-state index contributed by atoms with van der Waals surface area (Å²) < 4.78 is 40.8. The average molecular weight is 444 g/mol. The molecule has 1 aromatic carbocycles. The molecule has 0 spiro atoms. The molecule has 7 nitrogen and oxygen atoms in total. The molecule has 4 rings (SSSR count). The molecule has 10 heteroatoms. The molecule has 0 aliphatic heterocycles. The smallest absolute Gasteiger partial charge is 0.360 e. The number of nitrogens with one attached hydrogen (secondary N) is 2. The van der Waals surface area contributed by atoms with Crippen LogP contribution in [-0.2, 0) is 11.0 Å². The van der Waals surface area contributed by atoms with Crippen LogP contribution in [0.5, 0.6) is 0 Å². The summed E-state index contributed by atoms with van der Waals surface area (Å²) in [6, 6.07) is 7.97. The van der Waals surface area contributed by atoms with Gasteiger partial charge in [0.2, 0.25) is 0 Å². The van der Waals surface area contributed by atoms with Crippen molar-refractivity contribution >= 4 is 23.1 Å². The summed E-state index contributed by atoms with van der Waals surface area (Å²) in [7, 11) is 0. The van der Waals surface area contributed by atoms with Gasteiger partial charge in [-0.05, 0) is 51.0 Å². The zero-order chi connectivity index (χ0) is 22.9. The summed E-state index contributed by atoms with van der Waals surface area (Å²) in [4.78, 5) is 21.2. The van der Waals surface area contributed by atoms with Crippen molar-refractivity contribution in [1.29, 1.82) is 0 Å². The lowest BCUT2D eigenvalue weighted by Gasteiger charge is -2.22. The van der Waals surface area contributed by atoms with E-state index in [0.29, 0.717) is 18.7 Å². The van der Waals surface area contributed by atoms with Crippen molar-refractivity contribution < 1.29 is 18.0 Å². The van der Waals surface area contributed by atoms with E-state index in [2.05, 4.69) is 25.7 Å². The van der Waals surface area contributed by atoms with Crippen molar-refractivity contribution in [1.82, 2.24) is 19.7 Å². The van der Waals surface area contributed by atoms with Crippen LogP contribution >= 0.6 is 0 Å². The number of hydrogen-bond acceptors (Lipinski definition) is 6. The van der Waals surface area contributed by atoms with E-state index in [-0.39, 0.29) is 29.3 Å². The van der Waals surface area contributed by atoms with Crippen LogP contribution in [0.4, 0.5) is 30.5 Å². The summed E-state index contributed by atoms with van der Waals surface area (Å²) in [6.07, 6.45) is -1.42. The zero-order valence-corrected chi connectivity index (χ0v) is 17.7.